The van der Waals surface area contributed by atoms with Gasteiger partial charge >= 0.3 is 0 Å². The third-order valence-electron chi connectivity index (χ3n) is 2.90. The summed E-state index contributed by atoms with van der Waals surface area (Å²) in [7, 11) is 1.48. The summed E-state index contributed by atoms with van der Waals surface area (Å²) in [4.78, 5) is 23.0. The van der Waals surface area contributed by atoms with Gasteiger partial charge in [0.15, 0.2) is 0 Å². The lowest BCUT2D eigenvalue weighted by atomic mass is 10.1. The molecule has 1 aromatic carbocycles. The SMILES string of the molecule is CCCOc1ccc(-c2cc(C(=O)Cl)c(=O)n(C)n2)cc1. The fourth-order valence-electron chi connectivity index (χ4n) is 1.83. The van der Waals surface area contributed by atoms with Crippen molar-refractivity contribution in [1.29, 1.82) is 0 Å². The lowest BCUT2D eigenvalue weighted by Crippen LogP contribution is -2.25. The maximum absolute atomic E-state index is 11.7. The third kappa shape index (κ3) is 3.49. The number of hydrogen-bond acceptors (Lipinski definition) is 4. The average Bonchev–Trinajstić information content (AvgIpc) is 2.48. The van der Waals surface area contributed by atoms with Crippen molar-refractivity contribution in [2.24, 2.45) is 7.05 Å². The fraction of sp³-hybridized carbons (Fsp3) is 0.267. The van der Waals surface area contributed by atoms with Crippen molar-refractivity contribution in [3.05, 3.63) is 46.2 Å². The van der Waals surface area contributed by atoms with Gasteiger partial charge in [-0.05, 0) is 48.4 Å². The molecular formula is C15H15ClN2O3. The van der Waals surface area contributed by atoms with Gasteiger partial charge in [0, 0.05) is 12.6 Å². The van der Waals surface area contributed by atoms with E-state index < -0.39 is 10.8 Å². The van der Waals surface area contributed by atoms with Crippen LogP contribution in [0.1, 0.15) is 23.7 Å². The summed E-state index contributed by atoms with van der Waals surface area (Å²) < 4.78 is 6.60. The Labute approximate surface area is 127 Å². The van der Waals surface area contributed by atoms with E-state index in [1.54, 1.807) is 0 Å². The van der Waals surface area contributed by atoms with Gasteiger partial charge in [0.25, 0.3) is 10.8 Å². The molecule has 5 nitrogen and oxygen atoms in total. The maximum Gasteiger partial charge on any atom is 0.278 e. The second kappa shape index (κ2) is 6.54. The van der Waals surface area contributed by atoms with Crippen LogP contribution in [0.2, 0.25) is 0 Å². The molecule has 21 heavy (non-hydrogen) atoms. The van der Waals surface area contributed by atoms with E-state index in [0.717, 1.165) is 22.4 Å². The number of aromatic nitrogens is 2. The summed E-state index contributed by atoms with van der Waals surface area (Å²) in [6, 6.07) is 8.68. The van der Waals surface area contributed by atoms with E-state index in [4.69, 9.17) is 16.3 Å². The zero-order chi connectivity index (χ0) is 15.4. The first-order valence-corrected chi connectivity index (χ1v) is 6.92. The monoisotopic (exact) mass is 306 g/mol. The van der Waals surface area contributed by atoms with Gasteiger partial charge in [0.05, 0.1) is 12.3 Å². The van der Waals surface area contributed by atoms with Crippen molar-refractivity contribution >= 4 is 16.8 Å². The topological polar surface area (TPSA) is 61.2 Å². The van der Waals surface area contributed by atoms with Gasteiger partial charge in [0.1, 0.15) is 11.3 Å². The highest BCUT2D eigenvalue weighted by Crippen LogP contribution is 2.21. The largest absolute Gasteiger partial charge is 0.494 e. The minimum absolute atomic E-state index is 0.0875. The van der Waals surface area contributed by atoms with Crippen molar-refractivity contribution in [2.75, 3.05) is 6.61 Å². The normalized spacial score (nSPS) is 10.4. The molecule has 2 rings (SSSR count). The number of carbonyl (C=O) groups excluding carboxylic acids is 1. The Morgan fingerprint density at radius 1 is 1.33 bits per heavy atom. The Balaban J connectivity index is 2.38. The first kappa shape index (κ1) is 15.3. The van der Waals surface area contributed by atoms with Crippen molar-refractivity contribution < 1.29 is 9.53 Å². The van der Waals surface area contributed by atoms with Gasteiger partial charge in [-0.15, -0.1) is 0 Å². The van der Waals surface area contributed by atoms with Crippen LogP contribution in [0.5, 0.6) is 5.75 Å². The second-order valence-corrected chi connectivity index (χ2v) is 4.86. The summed E-state index contributed by atoms with van der Waals surface area (Å²) in [6.07, 6.45) is 0.936. The van der Waals surface area contributed by atoms with Crippen LogP contribution in [0.4, 0.5) is 0 Å². The number of rotatable bonds is 5. The first-order chi connectivity index (χ1) is 10.0. The van der Waals surface area contributed by atoms with Crippen LogP contribution in [0.15, 0.2) is 35.1 Å². The van der Waals surface area contributed by atoms with Crippen LogP contribution in [0.3, 0.4) is 0 Å². The lowest BCUT2D eigenvalue weighted by molar-refractivity contribution is 0.107. The van der Waals surface area contributed by atoms with Crippen LogP contribution in [-0.2, 0) is 7.05 Å². The van der Waals surface area contributed by atoms with E-state index in [1.165, 1.54) is 13.1 Å². The quantitative estimate of drug-likeness (QED) is 0.797. The van der Waals surface area contributed by atoms with Crippen molar-refractivity contribution in [2.45, 2.75) is 13.3 Å². The van der Waals surface area contributed by atoms with E-state index in [9.17, 15) is 9.59 Å². The Hall–Kier alpha value is -2.14. The van der Waals surface area contributed by atoms with E-state index in [-0.39, 0.29) is 5.56 Å². The first-order valence-electron chi connectivity index (χ1n) is 6.54. The van der Waals surface area contributed by atoms with Gasteiger partial charge in [-0.3, -0.25) is 9.59 Å². The summed E-state index contributed by atoms with van der Waals surface area (Å²) >= 11 is 5.42. The highest BCUT2D eigenvalue weighted by atomic mass is 35.5. The second-order valence-electron chi connectivity index (χ2n) is 4.52. The zero-order valence-electron chi connectivity index (χ0n) is 11.8. The molecule has 0 aliphatic rings. The number of ether oxygens (including phenoxy) is 1. The minimum Gasteiger partial charge on any atom is -0.494 e. The summed E-state index contributed by atoms with van der Waals surface area (Å²) in [5, 5.41) is 3.34. The van der Waals surface area contributed by atoms with Gasteiger partial charge in [-0.25, -0.2) is 4.68 Å². The Morgan fingerprint density at radius 3 is 2.57 bits per heavy atom. The predicted molar refractivity (Wildman–Crippen MR) is 80.9 cm³/mol. The number of aryl methyl sites for hydroxylation is 1. The summed E-state index contributed by atoms with van der Waals surface area (Å²) in [6.45, 7) is 2.69. The van der Waals surface area contributed by atoms with E-state index >= 15 is 0 Å². The van der Waals surface area contributed by atoms with Crippen molar-refractivity contribution in [1.82, 2.24) is 9.78 Å². The number of hydrogen-bond donors (Lipinski definition) is 0. The zero-order valence-corrected chi connectivity index (χ0v) is 12.6. The van der Waals surface area contributed by atoms with E-state index in [1.807, 2.05) is 31.2 Å². The molecule has 0 atom stereocenters. The highest BCUT2D eigenvalue weighted by molar-refractivity contribution is 6.67. The van der Waals surface area contributed by atoms with Crippen LogP contribution in [0.25, 0.3) is 11.3 Å². The number of carbonyl (C=O) groups is 1. The van der Waals surface area contributed by atoms with Crippen LogP contribution >= 0.6 is 11.6 Å². The smallest absolute Gasteiger partial charge is 0.278 e. The van der Waals surface area contributed by atoms with E-state index in [0.29, 0.717) is 12.3 Å². The molecule has 0 saturated carbocycles. The molecule has 0 saturated heterocycles. The van der Waals surface area contributed by atoms with Crippen molar-refractivity contribution in [3.8, 4) is 17.0 Å². The maximum atomic E-state index is 11.7. The predicted octanol–water partition coefficient (Wildman–Crippen LogP) is 2.62. The molecule has 0 N–H and O–H groups in total. The Morgan fingerprint density at radius 2 is 2.00 bits per heavy atom. The Kier molecular flexibility index (Phi) is 4.75. The molecule has 0 radical (unpaired) electrons. The molecule has 0 unspecified atom stereocenters. The molecule has 0 spiro atoms. The molecule has 110 valence electrons. The van der Waals surface area contributed by atoms with Crippen LogP contribution in [-0.4, -0.2) is 21.6 Å². The molecule has 0 aliphatic heterocycles. The molecule has 1 heterocycles. The molecule has 1 aromatic heterocycles. The minimum atomic E-state index is -0.790. The van der Waals surface area contributed by atoms with Gasteiger partial charge < -0.3 is 4.74 Å². The lowest BCUT2D eigenvalue weighted by Gasteiger charge is -2.07. The molecule has 0 aliphatic carbocycles. The molecule has 6 heteroatoms. The van der Waals surface area contributed by atoms with Gasteiger partial charge in [-0.1, -0.05) is 6.92 Å². The molecule has 0 bridgehead atoms. The van der Waals surface area contributed by atoms with Gasteiger partial charge in [0.2, 0.25) is 0 Å². The molecular weight excluding hydrogens is 292 g/mol. The highest BCUT2D eigenvalue weighted by Gasteiger charge is 2.13. The molecule has 2 aromatic rings. The van der Waals surface area contributed by atoms with E-state index in [2.05, 4.69) is 5.10 Å². The summed E-state index contributed by atoms with van der Waals surface area (Å²) in [5.74, 6) is 0.763. The van der Waals surface area contributed by atoms with Gasteiger partial charge in [-0.2, -0.15) is 5.10 Å². The average molecular weight is 307 g/mol. The summed E-state index contributed by atoms with van der Waals surface area (Å²) in [5.41, 5.74) is 0.675. The van der Waals surface area contributed by atoms with Crippen LogP contribution in [0, 0.1) is 0 Å². The van der Waals surface area contributed by atoms with Crippen molar-refractivity contribution in [3.63, 3.8) is 0 Å². The number of nitrogens with zero attached hydrogens (tertiary/aromatic N) is 2. The Bertz CT molecular complexity index is 708. The fourth-order valence-corrected chi connectivity index (χ4v) is 1.97. The number of halogens is 1. The van der Waals surface area contributed by atoms with Crippen LogP contribution < -0.4 is 10.3 Å². The third-order valence-corrected chi connectivity index (χ3v) is 3.10. The number of benzene rings is 1. The standard InChI is InChI=1S/C15H15ClN2O3/c1-3-8-21-11-6-4-10(5-7-11)13-9-12(14(16)19)15(20)18(2)17-13/h4-7,9H,3,8H2,1-2H3. The molecule has 0 fully saturated rings. The molecule has 0 amide bonds.